The van der Waals surface area contributed by atoms with E-state index < -0.39 is 5.54 Å². The molecule has 0 bridgehead atoms. The molecule has 2 aromatic rings. The van der Waals surface area contributed by atoms with Gasteiger partial charge in [0.2, 0.25) is 0 Å². The smallest absolute Gasteiger partial charge is 0.152 e. The third-order valence-electron chi connectivity index (χ3n) is 5.81. The van der Waals surface area contributed by atoms with Crippen molar-refractivity contribution in [3.8, 4) is 0 Å². The number of aromatic nitrogens is 1. The summed E-state index contributed by atoms with van der Waals surface area (Å²) in [5.74, 6) is 0.440. The highest BCUT2D eigenvalue weighted by atomic mass is 19.1. The first kappa shape index (κ1) is 21.6. The van der Waals surface area contributed by atoms with E-state index in [9.17, 15) is 4.39 Å². The van der Waals surface area contributed by atoms with Crippen molar-refractivity contribution >= 4 is 5.84 Å². The molecule has 0 radical (unpaired) electrons. The minimum Gasteiger partial charge on any atom is -0.379 e. The van der Waals surface area contributed by atoms with Crippen molar-refractivity contribution in [2.24, 2.45) is 4.99 Å². The Bertz CT molecular complexity index is 940. The van der Waals surface area contributed by atoms with Gasteiger partial charge in [-0.1, -0.05) is 18.2 Å². The molecule has 0 aliphatic carbocycles. The quantitative estimate of drug-likeness (QED) is 0.740. The summed E-state index contributed by atoms with van der Waals surface area (Å²) in [4.78, 5) is 12.0. The number of hydrogen-bond donors (Lipinski definition) is 1. The first-order valence-electron chi connectivity index (χ1n) is 10.7. The maximum Gasteiger partial charge on any atom is 0.152 e. The van der Waals surface area contributed by atoms with Crippen LogP contribution < -0.4 is 5.32 Å². The number of rotatable bonds is 7. The highest BCUT2D eigenvalue weighted by molar-refractivity contribution is 5.99. The van der Waals surface area contributed by atoms with Gasteiger partial charge in [0, 0.05) is 43.7 Å². The van der Waals surface area contributed by atoms with Crippen molar-refractivity contribution in [2.75, 3.05) is 46.1 Å². The molecule has 1 N–H and O–H groups in total. The fourth-order valence-electron chi connectivity index (χ4n) is 4.02. The predicted molar refractivity (Wildman–Crippen MR) is 118 cm³/mol. The van der Waals surface area contributed by atoms with Crippen LogP contribution in [0.25, 0.3) is 0 Å². The molecule has 0 amide bonds. The zero-order chi connectivity index (χ0) is 21.7. The first-order chi connectivity index (χ1) is 15.1. The van der Waals surface area contributed by atoms with E-state index in [1.54, 1.807) is 18.3 Å². The van der Waals surface area contributed by atoms with Crippen molar-refractivity contribution in [3.63, 3.8) is 0 Å². The van der Waals surface area contributed by atoms with E-state index in [0.717, 1.165) is 55.4 Å². The maximum atomic E-state index is 13.7. The van der Waals surface area contributed by atoms with Gasteiger partial charge in [0.15, 0.2) is 5.84 Å². The van der Waals surface area contributed by atoms with E-state index in [-0.39, 0.29) is 5.82 Å². The Kier molecular flexibility index (Phi) is 6.75. The van der Waals surface area contributed by atoms with Crippen molar-refractivity contribution < 1.29 is 13.9 Å². The van der Waals surface area contributed by atoms with E-state index in [1.165, 1.54) is 12.1 Å². The predicted octanol–water partition coefficient (Wildman–Crippen LogP) is 3.11. The Morgan fingerprint density at radius 2 is 1.94 bits per heavy atom. The highest BCUT2D eigenvalue weighted by Crippen LogP contribution is 2.38. The molecular weight excluding hydrogens is 395 g/mol. The van der Waals surface area contributed by atoms with E-state index in [4.69, 9.17) is 14.5 Å². The van der Waals surface area contributed by atoms with Gasteiger partial charge in [0.05, 0.1) is 19.8 Å². The molecule has 2 aliphatic heterocycles. The van der Waals surface area contributed by atoms with Gasteiger partial charge in [0.1, 0.15) is 17.1 Å². The van der Waals surface area contributed by atoms with Crippen molar-refractivity contribution in [3.05, 3.63) is 77.0 Å². The summed E-state index contributed by atoms with van der Waals surface area (Å²) in [6, 6.07) is 12.4. The number of ether oxygens (including phenoxy) is 2. The Hall–Kier alpha value is -2.61. The lowest BCUT2D eigenvalue weighted by molar-refractivity contribution is 0.0413. The molecule has 2 aliphatic rings. The van der Waals surface area contributed by atoms with Crippen LogP contribution >= 0.6 is 0 Å². The van der Waals surface area contributed by atoms with Gasteiger partial charge in [-0.2, -0.15) is 0 Å². The summed E-state index contributed by atoms with van der Waals surface area (Å²) in [7, 11) is 0. The van der Waals surface area contributed by atoms with Crippen molar-refractivity contribution in [2.45, 2.75) is 19.4 Å². The highest BCUT2D eigenvalue weighted by Gasteiger charge is 2.38. The molecule has 1 unspecified atom stereocenters. The van der Waals surface area contributed by atoms with Gasteiger partial charge in [0.25, 0.3) is 0 Å². The van der Waals surface area contributed by atoms with Crippen molar-refractivity contribution in [1.29, 1.82) is 0 Å². The van der Waals surface area contributed by atoms with Crippen LogP contribution in [-0.4, -0.2) is 61.8 Å². The lowest BCUT2D eigenvalue weighted by Gasteiger charge is -2.38. The molecule has 31 heavy (non-hydrogen) atoms. The average molecular weight is 425 g/mol. The van der Waals surface area contributed by atoms with Crippen LogP contribution in [0.1, 0.15) is 25.1 Å². The normalized spacial score (nSPS) is 22.2. The van der Waals surface area contributed by atoms with Crippen LogP contribution in [0.4, 0.5) is 4.39 Å². The molecule has 164 valence electrons. The molecule has 1 fully saturated rings. The number of amidine groups is 1. The lowest BCUT2D eigenvalue weighted by atomic mass is 9.82. The number of hydrogen-bond acceptors (Lipinski definition) is 6. The van der Waals surface area contributed by atoms with E-state index in [0.29, 0.717) is 19.0 Å². The van der Waals surface area contributed by atoms with Gasteiger partial charge in [-0.3, -0.25) is 14.9 Å². The number of morpholine rings is 1. The van der Waals surface area contributed by atoms with E-state index >= 15 is 0 Å². The number of pyridine rings is 1. The zero-order valence-corrected chi connectivity index (χ0v) is 18.1. The minimum absolute atomic E-state index is 0.265. The number of nitrogens with one attached hydrogen (secondary N) is 1. The monoisotopic (exact) mass is 424 g/mol. The third-order valence-corrected chi connectivity index (χ3v) is 5.81. The number of halogens is 1. The van der Waals surface area contributed by atoms with Gasteiger partial charge >= 0.3 is 0 Å². The largest absolute Gasteiger partial charge is 0.379 e. The van der Waals surface area contributed by atoms with Crippen LogP contribution in [0.2, 0.25) is 0 Å². The van der Waals surface area contributed by atoms with Crippen LogP contribution in [-0.2, 0) is 15.0 Å². The number of aliphatic imine (C=N–C) groups is 1. The minimum atomic E-state index is -0.706. The molecule has 1 aromatic heterocycles. The Labute approximate surface area is 182 Å². The van der Waals surface area contributed by atoms with Gasteiger partial charge < -0.3 is 14.8 Å². The maximum absolute atomic E-state index is 13.7. The molecular formula is C24H29FN4O2. The number of nitrogens with zero attached hydrogens (tertiary/aromatic N) is 3. The second-order valence-electron chi connectivity index (χ2n) is 7.86. The number of benzene rings is 1. The standard InChI is InChI=1S/C24H29FN4O2/c1-3-30-17-20-22(16-29-12-14-31-15-13-29)27-23(21-6-4-5-11-26-21)28-24(20,2)18-7-9-19(25)10-8-18/h4-11H,3,12-17H2,1-2H3,(H,27,28). The molecule has 1 saturated heterocycles. The summed E-state index contributed by atoms with van der Waals surface area (Å²) in [5, 5.41) is 3.54. The topological polar surface area (TPSA) is 59.0 Å². The molecule has 0 saturated carbocycles. The Morgan fingerprint density at radius 1 is 1.16 bits per heavy atom. The molecule has 4 rings (SSSR count). The summed E-state index contributed by atoms with van der Waals surface area (Å²) in [5.41, 5.74) is 3.08. The second kappa shape index (κ2) is 9.68. The molecule has 3 heterocycles. The molecule has 6 nitrogen and oxygen atoms in total. The van der Waals surface area contributed by atoms with Crippen LogP contribution in [0.5, 0.6) is 0 Å². The fourth-order valence-corrected chi connectivity index (χ4v) is 4.02. The van der Waals surface area contributed by atoms with Gasteiger partial charge in [-0.15, -0.1) is 0 Å². The van der Waals surface area contributed by atoms with E-state index in [1.807, 2.05) is 25.1 Å². The van der Waals surface area contributed by atoms with E-state index in [2.05, 4.69) is 22.1 Å². The van der Waals surface area contributed by atoms with Gasteiger partial charge in [-0.25, -0.2) is 4.39 Å². The van der Waals surface area contributed by atoms with Crippen LogP contribution in [0.15, 0.2) is 64.9 Å². The zero-order valence-electron chi connectivity index (χ0n) is 18.1. The average Bonchev–Trinajstić information content (AvgIpc) is 2.80. The SMILES string of the molecule is CCOCC1=C(CN2CCOCC2)NC(c2ccccn2)=NC1(C)c1ccc(F)cc1. The Balaban J connectivity index is 1.80. The molecule has 7 heteroatoms. The van der Waals surface area contributed by atoms with Crippen molar-refractivity contribution in [1.82, 2.24) is 15.2 Å². The summed E-state index contributed by atoms with van der Waals surface area (Å²) >= 11 is 0. The summed E-state index contributed by atoms with van der Waals surface area (Å²) in [6.45, 7) is 9.02. The lowest BCUT2D eigenvalue weighted by Crippen LogP contribution is -2.46. The third kappa shape index (κ3) is 4.84. The fraction of sp³-hybridized carbons (Fsp3) is 0.417. The molecule has 1 aromatic carbocycles. The summed E-state index contributed by atoms with van der Waals surface area (Å²) in [6.07, 6.45) is 1.76. The van der Waals surface area contributed by atoms with Crippen LogP contribution in [0, 0.1) is 5.82 Å². The summed E-state index contributed by atoms with van der Waals surface area (Å²) < 4.78 is 25.1. The Morgan fingerprint density at radius 3 is 2.61 bits per heavy atom. The molecule has 0 spiro atoms. The van der Waals surface area contributed by atoms with Gasteiger partial charge in [-0.05, 0) is 43.7 Å². The molecule has 1 atom stereocenters. The van der Waals surface area contributed by atoms with Crippen LogP contribution in [0.3, 0.4) is 0 Å². The second-order valence-corrected chi connectivity index (χ2v) is 7.86. The first-order valence-corrected chi connectivity index (χ1v) is 10.7.